The average Bonchev–Trinajstić information content (AvgIpc) is 2.72. The number of ether oxygens (including phenoxy) is 1. The van der Waals surface area contributed by atoms with E-state index < -0.39 is 6.10 Å². The van der Waals surface area contributed by atoms with Crippen molar-refractivity contribution in [3.8, 4) is 5.75 Å². The summed E-state index contributed by atoms with van der Waals surface area (Å²) in [5, 5.41) is 13.7. The smallest absolute Gasteiger partial charge is 0.271 e. The molecule has 1 fully saturated rings. The van der Waals surface area contributed by atoms with E-state index in [0.29, 0.717) is 18.0 Å². The molecule has 1 amide bonds. The van der Waals surface area contributed by atoms with Crippen molar-refractivity contribution in [3.05, 3.63) is 52.7 Å². The van der Waals surface area contributed by atoms with Crippen molar-refractivity contribution in [3.63, 3.8) is 0 Å². The number of hydrogen-bond donors (Lipinski definition) is 1. The highest BCUT2D eigenvalue weighted by molar-refractivity contribution is 5.96. The molecular weight excluding hydrogens is 362 g/mol. The normalized spacial score (nSPS) is 19.5. The highest BCUT2D eigenvalue weighted by Gasteiger charge is 2.29. The molecule has 0 saturated carbocycles. The summed E-state index contributed by atoms with van der Waals surface area (Å²) in [7, 11) is 0. The Bertz CT molecular complexity index is 882. The summed E-state index contributed by atoms with van der Waals surface area (Å²) in [5.41, 5.74) is 0.975. The van der Waals surface area contributed by atoms with Crippen molar-refractivity contribution in [1.82, 2.24) is 9.88 Å². The van der Waals surface area contributed by atoms with E-state index in [1.807, 2.05) is 6.07 Å². The number of nitrogens with zero attached hydrogens (tertiary/aromatic N) is 4. The largest absolute Gasteiger partial charge is 0.477 e. The molecule has 1 N–H and O–H groups in total. The minimum Gasteiger partial charge on any atom is -0.477 e. The van der Waals surface area contributed by atoms with Crippen LogP contribution in [0.4, 0.5) is 17.2 Å². The maximum Gasteiger partial charge on any atom is 0.271 e. The number of aromatic nitrogens is 1. The van der Waals surface area contributed by atoms with Crippen LogP contribution in [-0.2, 0) is 4.79 Å². The van der Waals surface area contributed by atoms with E-state index in [0.717, 1.165) is 38.4 Å². The van der Waals surface area contributed by atoms with Gasteiger partial charge in [-0.1, -0.05) is 6.07 Å². The molecule has 9 heteroatoms. The van der Waals surface area contributed by atoms with Gasteiger partial charge in [-0.15, -0.1) is 0 Å². The maximum absolute atomic E-state index is 12.2. The lowest BCUT2D eigenvalue weighted by Crippen LogP contribution is -2.48. The molecule has 0 spiro atoms. The van der Waals surface area contributed by atoms with Crippen LogP contribution in [0.3, 0.4) is 0 Å². The standard InChI is InChI=1S/C19H21N5O4/c25-19-17(28-16-5-2-7-20-18(16)21-19)6-8-22-9-11-23(12-10-22)14-3-1-4-15(13-14)24(26)27/h1-5,7,13,17H,6,8-12H2,(H,20,21,25). The Morgan fingerprint density at radius 2 is 2.04 bits per heavy atom. The van der Waals surface area contributed by atoms with Gasteiger partial charge in [-0.3, -0.25) is 19.8 Å². The first-order valence-electron chi connectivity index (χ1n) is 9.24. The third-order valence-corrected chi connectivity index (χ3v) is 5.06. The summed E-state index contributed by atoms with van der Waals surface area (Å²) in [6.07, 6.45) is 1.69. The Hall–Kier alpha value is -3.20. The number of fused-ring (bicyclic) bond motifs is 1. The van der Waals surface area contributed by atoms with Crippen LogP contribution >= 0.6 is 0 Å². The number of nitro groups is 1. The number of nitro benzene ring substituents is 1. The lowest BCUT2D eigenvalue weighted by molar-refractivity contribution is -0.384. The zero-order chi connectivity index (χ0) is 19.5. The number of hydrogen-bond acceptors (Lipinski definition) is 7. The zero-order valence-corrected chi connectivity index (χ0v) is 15.3. The molecule has 3 heterocycles. The van der Waals surface area contributed by atoms with Crippen LogP contribution in [0.5, 0.6) is 5.75 Å². The molecule has 4 rings (SSSR count). The number of benzene rings is 1. The van der Waals surface area contributed by atoms with Gasteiger partial charge in [0.15, 0.2) is 17.7 Å². The molecule has 0 radical (unpaired) electrons. The van der Waals surface area contributed by atoms with Gasteiger partial charge in [0.25, 0.3) is 11.6 Å². The fraction of sp³-hybridized carbons (Fsp3) is 0.368. The van der Waals surface area contributed by atoms with Gasteiger partial charge >= 0.3 is 0 Å². The van der Waals surface area contributed by atoms with Crippen LogP contribution < -0.4 is 15.0 Å². The number of pyridine rings is 1. The van der Waals surface area contributed by atoms with E-state index in [9.17, 15) is 14.9 Å². The number of anilines is 2. The Morgan fingerprint density at radius 3 is 2.82 bits per heavy atom. The van der Waals surface area contributed by atoms with E-state index >= 15 is 0 Å². The quantitative estimate of drug-likeness (QED) is 0.622. The van der Waals surface area contributed by atoms with Gasteiger partial charge in [-0.05, 0) is 18.2 Å². The number of amides is 1. The summed E-state index contributed by atoms with van der Waals surface area (Å²) >= 11 is 0. The Balaban J connectivity index is 1.29. The summed E-state index contributed by atoms with van der Waals surface area (Å²) in [4.78, 5) is 31.3. The van der Waals surface area contributed by atoms with Crippen molar-refractivity contribution in [2.75, 3.05) is 42.9 Å². The highest BCUT2D eigenvalue weighted by Crippen LogP contribution is 2.27. The minimum atomic E-state index is -0.522. The second kappa shape index (κ2) is 7.81. The average molecular weight is 383 g/mol. The molecule has 2 aliphatic rings. The summed E-state index contributed by atoms with van der Waals surface area (Å²) < 4.78 is 5.79. The van der Waals surface area contributed by atoms with E-state index in [1.165, 1.54) is 6.07 Å². The van der Waals surface area contributed by atoms with Gasteiger partial charge in [0.05, 0.1) is 4.92 Å². The minimum absolute atomic E-state index is 0.107. The first kappa shape index (κ1) is 18.2. The summed E-state index contributed by atoms with van der Waals surface area (Å²) in [5.74, 6) is 0.901. The number of piperazine rings is 1. The van der Waals surface area contributed by atoms with Crippen LogP contribution in [0.15, 0.2) is 42.6 Å². The van der Waals surface area contributed by atoms with Gasteiger partial charge in [0, 0.05) is 63.2 Å². The second-order valence-electron chi connectivity index (χ2n) is 6.84. The predicted octanol–water partition coefficient (Wildman–Crippen LogP) is 1.90. The van der Waals surface area contributed by atoms with E-state index in [2.05, 4.69) is 20.1 Å². The predicted molar refractivity (Wildman–Crippen MR) is 104 cm³/mol. The van der Waals surface area contributed by atoms with Crippen LogP contribution in [0.1, 0.15) is 6.42 Å². The Labute approximate surface area is 162 Å². The second-order valence-corrected chi connectivity index (χ2v) is 6.84. The van der Waals surface area contributed by atoms with Crippen molar-refractivity contribution < 1.29 is 14.5 Å². The van der Waals surface area contributed by atoms with E-state index in [-0.39, 0.29) is 16.5 Å². The molecule has 1 unspecified atom stereocenters. The first-order chi connectivity index (χ1) is 13.6. The van der Waals surface area contributed by atoms with Crippen LogP contribution in [0.25, 0.3) is 0 Å². The van der Waals surface area contributed by atoms with E-state index in [1.54, 1.807) is 30.5 Å². The SMILES string of the molecule is O=C1Nc2ncccc2OC1CCN1CCN(c2cccc([N+](=O)[O-])c2)CC1. The molecule has 0 aliphatic carbocycles. The number of non-ortho nitro benzene ring substituents is 1. The van der Waals surface area contributed by atoms with Gasteiger partial charge < -0.3 is 15.0 Å². The number of carbonyl (C=O) groups excluding carboxylic acids is 1. The van der Waals surface area contributed by atoms with Crippen LogP contribution in [0.2, 0.25) is 0 Å². The van der Waals surface area contributed by atoms with Crippen molar-refractivity contribution in [2.45, 2.75) is 12.5 Å². The monoisotopic (exact) mass is 383 g/mol. The number of carbonyl (C=O) groups is 1. The third-order valence-electron chi connectivity index (χ3n) is 5.06. The Kier molecular flexibility index (Phi) is 5.07. The molecule has 1 aromatic carbocycles. The molecule has 2 aromatic rings. The molecular formula is C19H21N5O4. The summed E-state index contributed by atoms with van der Waals surface area (Å²) in [6.45, 7) is 3.97. The van der Waals surface area contributed by atoms with Gasteiger partial charge in [0.2, 0.25) is 0 Å². The molecule has 146 valence electrons. The highest BCUT2D eigenvalue weighted by atomic mass is 16.6. The van der Waals surface area contributed by atoms with Gasteiger partial charge in [-0.2, -0.15) is 0 Å². The fourth-order valence-electron chi connectivity index (χ4n) is 3.51. The Morgan fingerprint density at radius 1 is 1.21 bits per heavy atom. The number of nitrogens with one attached hydrogen (secondary N) is 1. The molecule has 28 heavy (non-hydrogen) atoms. The van der Waals surface area contributed by atoms with E-state index in [4.69, 9.17) is 4.74 Å². The maximum atomic E-state index is 12.2. The third kappa shape index (κ3) is 3.89. The van der Waals surface area contributed by atoms with Crippen LogP contribution in [-0.4, -0.2) is 59.5 Å². The van der Waals surface area contributed by atoms with Crippen LogP contribution in [0, 0.1) is 10.1 Å². The fourth-order valence-corrected chi connectivity index (χ4v) is 3.51. The first-order valence-corrected chi connectivity index (χ1v) is 9.24. The molecule has 9 nitrogen and oxygen atoms in total. The molecule has 1 atom stereocenters. The van der Waals surface area contributed by atoms with Gasteiger partial charge in [0.1, 0.15) is 0 Å². The van der Waals surface area contributed by atoms with Crippen molar-refractivity contribution >= 4 is 23.1 Å². The molecule has 1 saturated heterocycles. The molecule has 2 aliphatic heterocycles. The topological polar surface area (TPSA) is 101 Å². The van der Waals surface area contributed by atoms with Crippen molar-refractivity contribution in [1.29, 1.82) is 0 Å². The molecule has 0 bridgehead atoms. The molecule has 1 aromatic heterocycles. The van der Waals surface area contributed by atoms with Crippen molar-refractivity contribution in [2.24, 2.45) is 0 Å². The summed E-state index contributed by atoms with van der Waals surface area (Å²) in [6, 6.07) is 10.3. The zero-order valence-electron chi connectivity index (χ0n) is 15.3. The number of rotatable bonds is 5. The lowest BCUT2D eigenvalue weighted by atomic mass is 10.1. The lowest BCUT2D eigenvalue weighted by Gasteiger charge is -2.36. The van der Waals surface area contributed by atoms with Gasteiger partial charge in [-0.25, -0.2) is 4.98 Å².